The highest BCUT2D eigenvalue weighted by Crippen LogP contribution is 2.32. The molecule has 2 heterocycles. The molecule has 0 unspecified atom stereocenters. The van der Waals surface area contributed by atoms with Crippen molar-refractivity contribution in [2.24, 2.45) is 4.99 Å². The molecule has 1 aromatic heterocycles. The van der Waals surface area contributed by atoms with E-state index in [0.29, 0.717) is 26.5 Å². The molecule has 0 saturated heterocycles. The fourth-order valence-corrected chi connectivity index (χ4v) is 4.27. The SMILES string of the molecule is CCOC(=O)CCC(=O)Nc1ccc(Cl)c(NC2=NC(=O)/C(=C/c3ccc4ncccc4c3)S2)c1. The van der Waals surface area contributed by atoms with E-state index in [4.69, 9.17) is 16.3 Å². The average molecular weight is 509 g/mol. The van der Waals surface area contributed by atoms with Gasteiger partial charge in [0.25, 0.3) is 5.91 Å². The number of amidine groups is 1. The van der Waals surface area contributed by atoms with Crippen molar-refractivity contribution in [3.8, 4) is 0 Å². The minimum absolute atomic E-state index is 0.000271. The van der Waals surface area contributed by atoms with Crippen LogP contribution < -0.4 is 10.6 Å². The molecule has 10 heteroatoms. The predicted octanol–water partition coefficient (Wildman–Crippen LogP) is 5.25. The van der Waals surface area contributed by atoms with Crippen LogP contribution in [-0.4, -0.2) is 34.5 Å². The summed E-state index contributed by atoms with van der Waals surface area (Å²) in [4.78, 5) is 44.9. The Morgan fingerprint density at radius 3 is 2.83 bits per heavy atom. The standard InChI is InChI=1S/C25H21ClN4O4S/c1-2-34-23(32)10-9-22(31)28-17-6-7-18(26)20(14-17)29-25-30-24(33)21(35-25)13-15-5-8-19-16(12-15)4-3-11-27-19/h3-8,11-14H,2,9-10H2,1H3,(H,28,31)(H,29,30,33)/b21-13-. The highest BCUT2D eigenvalue weighted by Gasteiger charge is 2.23. The number of aliphatic imine (C=N–C) groups is 1. The summed E-state index contributed by atoms with van der Waals surface area (Å²) in [6.07, 6.45) is 3.51. The lowest BCUT2D eigenvalue weighted by Crippen LogP contribution is -2.15. The lowest BCUT2D eigenvalue weighted by atomic mass is 10.1. The molecule has 0 fully saturated rings. The van der Waals surface area contributed by atoms with Crippen LogP contribution in [0.15, 0.2) is 64.6 Å². The number of fused-ring (bicyclic) bond motifs is 1. The maximum atomic E-state index is 12.5. The lowest BCUT2D eigenvalue weighted by molar-refractivity contribution is -0.144. The summed E-state index contributed by atoms with van der Waals surface area (Å²) in [6, 6.07) is 14.5. The van der Waals surface area contributed by atoms with E-state index >= 15 is 0 Å². The summed E-state index contributed by atoms with van der Waals surface area (Å²) >= 11 is 7.50. The second-order valence-corrected chi connectivity index (χ2v) is 8.90. The number of ether oxygens (including phenoxy) is 1. The minimum Gasteiger partial charge on any atom is -0.466 e. The van der Waals surface area contributed by atoms with E-state index in [1.165, 1.54) is 11.8 Å². The zero-order valence-electron chi connectivity index (χ0n) is 18.7. The molecule has 0 spiro atoms. The number of aromatic nitrogens is 1. The van der Waals surface area contributed by atoms with Crippen LogP contribution >= 0.6 is 23.4 Å². The van der Waals surface area contributed by atoms with Crippen LogP contribution in [0.25, 0.3) is 17.0 Å². The van der Waals surface area contributed by atoms with Crippen molar-refractivity contribution >= 4 is 74.7 Å². The van der Waals surface area contributed by atoms with Gasteiger partial charge in [-0.2, -0.15) is 4.99 Å². The van der Waals surface area contributed by atoms with Crippen LogP contribution in [0.4, 0.5) is 11.4 Å². The van der Waals surface area contributed by atoms with Crippen LogP contribution in [0.5, 0.6) is 0 Å². The molecule has 35 heavy (non-hydrogen) atoms. The van der Waals surface area contributed by atoms with Gasteiger partial charge in [-0.25, -0.2) is 0 Å². The smallest absolute Gasteiger partial charge is 0.306 e. The number of nitrogens with one attached hydrogen (secondary N) is 2. The third-order valence-electron chi connectivity index (χ3n) is 4.90. The fourth-order valence-electron chi connectivity index (χ4n) is 3.28. The number of pyridine rings is 1. The summed E-state index contributed by atoms with van der Waals surface area (Å²) in [5.41, 5.74) is 2.71. The zero-order chi connectivity index (χ0) is 24.8. The van der Waals surface area contributed by atoms with Gasteiger partial charge in [0, 0.05) is 23.7 Å². The molecule has 4 rings (SSSR count). The van der Waals surface area contributed by atoms with Crippen molar-refractivity contribution in [2.75, 3.05) is 17.2 Å². The first-order valence-corrected chi connectivity index (χ1v) is 12.0. The molecule has 8 nitrogen and oxygen atoms in total. The molecule has 3 aromatic rings. The molecule has 178 valence electrons. The van der Waals surface area contributed by atoms with Crippen molar-refractivity contribution < 1.29 is 19.1 Å². The molecule has 0 radical (unpaired) electrons. The van der Waals surface area contributed by atoms with Crippen LogP contribution in [0.3, 0.4) is 0 Å². The van der Waals surface area contributed by atoms with Gasteiger partial charge >= 0.3 is 5.97 Å². The van der Waals surface area contributed by atoms with Crippen LogP contribution in [0, 0.1) is 0 Å². The first-order valence-electron chi connectivity index (χ1n) is 10.8. The second-order valence-electron chi connectivity index (χ2n) is 7.46. The van der Waals surface area contributed by atoms with Crippen molar-refractivity contribution in [1.82, 2.24) is 4.98 Å². The molecule has 1 aliphatic rings. The number of nitrogens with zero attached hydrogens (tertiary/aromatic N) is 2. The van der Waals surface area contributed by atoms with Gasteiger partial charge in [-0.15, -0.1) is 0 Å². The summed E-state index contributed by atoms with van der Waals surface area (Å²) in [5, 5.41) is 7.51. The van der Waals surface area contributed by atoms with E-state index in [0.717, 1.165) is 16.5 Å². The number of hydrogen-bond donors (Lipinski definition) is 2. The number of carbonyl (C=O) groups excluding carboxylic acids is 3. The van der Waals surface area contributed by atoms with Gasteiger partial charge < -0.3 is 15.4 Å². The molecule has 0 bridgehead atoms. The Morgan fingerprint density at radius 2 is 2.00 bits per heavy atom. The highest BCUT2D eigenvalue weighted by atomic mass is 35.5. The number of halogens is 1. The quantitative estimate of drug-likeness (QED) is 0.331. The van der Waals surface area contributed by atoms with Crippen molar-refractivity contribution in [3.05, 3.63) is 70.2 Å². The molecule has 0 saturated carbocycles. The van der Waals surface area contributed by atoms with Gasteiger partial charge in [-0.05, 0) is 66.7 Å². The average Bonchev–Trinajstić information content (AvgIpc) is 3.18. The number of thioether (sulfide) groups is 1. The number of anilines is 2. The Balaban J connectivity index is 1.41. The highest BCUT2D eigenvalue weighted by molar-refractivity contribution is 8.18. The summed E-state index contributed by atoms with van der Waals surface area (Å²) in [7, 11) is 0. The van der Waals surface area contributed by atoms with Gasteiger partial charge in [-0.1, -0.05) is 23.7 Å². The number of benzene rings is 2. The molecule has 0 aliphatic carbocycles. The number of esters is 1. The Labute approximate surface area is 210 Å². The van der Waals surface area contributed by atoms with Crippen LogP contribution in [-0.2, 0) is 19.1 Å². The predicted molar refractivity (Wildman–Crippen MR) is 139 cm³/mol. The van der Waals surface area contributed by atoms with E-state index in [9.17, 15) is 14.4 Å². The molecular formula is C25H21ClN4O4S. The summed E-state index contributed by atoms with van der Waals surface area (Å²) in [5.74, 6) is -1.11. The molecule has 2 aromatic carbocycles. The maximum absolute atomic E-state index is 12.5. The minimum atomic E-state index is -0.425. The summed E-state index contributed by atoms with van der Waals surface area (Å²) < 4.78 is 4.83. The second kappa shape index (κ2) is 11.2. The topological polar surface area (TPSA) is 110 Å². The van der Waals surface area contributed by atoms with E-state index in [1.54, 1.807) is 37.4 Å². The monoisotopic (exact) mass is 508 g/mol. The normalized spacial score (nSPS) is 14.2. The molecule has 2 amide bonds. The maximum Gasteiger partial charge on any atom is 0.306 e. The number of rotatable bonds is 7. The molecule has 2 N–H and O–H groups in total. The number of hydrogen-bond acceptors (Lipinski definition) is 7. The Hall–Kier alpha value is -3.69. The third kappa shape index (κ3) is 6.46. The zero-order valence-corrected chi connectivity index (χ0v) is 20.3. The Bertz CT molecular complexity index is 1370. The van der Waals surface area contributed by atoms with E-state index < -0.39 is 5.97 Å². The molecule has 1 aliphatic heterocycles. The Morgan fingerprint density at radius 1 is 1.14 bits per heavy atom. The van der Waals surface area contributed by atoms with E-state index in [-0.39, 0.29) is 31.3 Å². The molecule has 0 atom stereocenters. The largest absolute Gasteiger partial charge is 0.466 e. The van der Waals surface area contributed by atoms with Crippen LogP contribution in [0.2, 0.25) is 5.02 Å². The van der Waals surface area contributed by atoms with Crippen molar-refractivity contribution in [2.45, 2.75) is 19.8 Å². The third-order valence-corrected chi connectivity index (χ3v) is 6.13. The van der Waals surface area contributed by atoms with Gasteiger partial charge in [-0.3, -0.25) is 19.4 Å². The fraction of sp³-hybridized carbons (Fsp3) is 0.160. The van der Waals surface area contributed by atoms with Gasteiger partial charge in [0.2, 0.25) is 5.91 Å². The van der Waals surface area contributed by atoms with Crippen LogP contribution in [0.1, 0.15) is 25.3 Å². The van der Waals surface area contributed by atoms with Crippen molar-refractivity contribution in [1.29, 1.82) is 0 Å². The first-order chi connectivity index (χ1) is 16.9. The van der Waals surface area contributed by atoms with E-state index in [2.05, 4.69) is 20.6 Å². The number of amides is 2. The van der Waals surface area contributed by atoms with Gasteiger partial charge in [0.05, 0.1) is 34.2 Å². The van der Waals surface area contributed by atoms with E-state index in [1.807, 2.05) is 30.3 Å². The molecular weight excluding hydrogens is 488 g/mol. The van der Waals surface area contributed by atoms with Crippen molar-refractivity contribution in [3.63, 3.8) is 0 Å². The number of carbonyl (C=O) groups is 3. The lowest BCUT2D eigenvalue weighted by Gasteiger charge is -2.11. The Kier molecular flexibility index (Phi) is 7.79. The van der Waals surface area contributed by atoms with Gasteiger partial charge in [0.15, 0.2) is 5.17 Å². The van der Waals surface area contributed by atoms with Gasteiger partial charge in [0.1, 0.15) is 0 Å². The summed E-state index contributed by atoms with van der Waals surface area (Å²) in [6.45, 7) is 1.98. The first kappa shape index (κ1) is 24.4.